The van der Waals surface area contributed by atoms with E-state index in [4.69, 9.17) is 5.11 Å². The Bertz CT molecular complexity index is 741. The Morgan fingerprint density at radius 1 is 1.24 bits per heavy atom. The number of carboxylic acids is 1. The summed E-state index contributed by atoms with van der Waals surface area (Å²) in [7, 11) is 1.84. The van der Waals surface area contributed by atoms with Gasteiger partial charge in [-0.05, 0) is 18.4 Å². The monoisotopic (exact) mass is 341 g/mol. The van der Waals surface area contributed by atoms with Crippen LogP contribution in [0.2, 0.25) is 0 Å². The van der Waals surface area contributed by atoms with Gasteiger partial charge in [0, 0.05) is 25.2 Å². The minimum absolute atomic E-state index is 0.0483. The van der Waals surface area contributed by atoms with Gasteiger partial charge in [-0.2, -0.15) is 5.10 Å². The second-order valence-corrected chi connectivity index (χ2v) is 6.61. The number of aromatic carboxylic acids is 1. The van der Waals surface area contributed by atoms with Crippen molar-refractivity contribution in [2.75, 3.05) is 7.05 Å². The number of likely N-dealkylation sites (N-methyl/N-ethyl adjacent to an activating group) is 1. The van der Waals surface area contributed by atoms with Crippen LogP contribution in [0, 0.1) is 0 Å². The minimum Gasteiger partial charge on any atom is -0.478 e. The first kappa shape index (κ1) is 17.2. The Morgan fingerprint density at radius 3 is 2.64 bits per heavy atom. The van der Waals surface area contributed by atoms with Crippen LogP contribution in [0.3, 0.4) is 0 Å². The topological polar surface area (TPSA) is 75.4 Å². The molecule has 0 saturated heterocycles. The van der Waals surface area contributed by atoms with Crippen LogP contribution in [0.15, 0.2) is 42.7 Å². The molecule has 6 heteroatoms. The van der Waals surface area contributed by atoms with Crippen molar-refractivity contribution in [3.05, 3.63) is 53.9 Å². The Hall–Kier alpha value is -2.63. The van der Waals surface area contributed by atoms with Gasteiger partial charge < -0.3 is 10.0 Å². The number of amides is 1. The molecule has 1 fully saturated rings. The van der Waals surface area contributed by atoms with Crippen LogP contribution < -0.4 is 0 Å². The lowest BCUT2D eigenvalue weighted by Crippen LogP contribution is -2.44. The van der Waals surface area contributed by atoms with E-state index in [1.165, 1.54) is 29.1 Å². The smallest absolute Gasteiger partial charge is 0.338 e. The van der Waals surface area contributed by atoms with Crippen LogP contribution >= 0.6 is 0 Å². The quantitative estimate of drug-likeness (QED) is 0.907. The molecule has 1 aromatic heterocycles. The average Bonchev–Trinajstić information content (AvgIpc) is 3.10. The van der Waals surface area contributed by atoms with Crippen LogP contribution in [0.25, 0.3) is 0 Å². The molecule has 2 aromatic rings. The molecule has 6 nitrogen and oxygen atoms in total. The van der Waals surface area contributed by atoms with E-state index in [9.17, 15) is 9.59 Å². The minimum atomic E-state index is -1.04. The highest BCUT2D eigenvalue weighted by molar-refractivity contribution is 5.87. The number of hydrogen-bond acceptors (Lipinski definition) is 3. The van der Waals surface area contributed by atoms with Gasteiger partial charge in [0.15, 0.2) is 0 Å². The van der Waals surface area contributed by atoms with Crippen molar-refractivity contribution in [1.29, 1.82) is 0 Å². The number of carbonyl (C=O) groups is 2. The van der Waals surface area contributed by atoms with Crippen molar-refractivity contribution in [2.24, 2.45) is 0 Å². The van der Waals surface area contributed by atoms with Gasteiger partial charge in [-0.1, -0.05) is 43.2 Å². The van der Waals surface area contributed by atoms with Crippen LogP contribution in [-0.2, 0) is 11.3 Å². The molecule has 0 spiro atoms. The molecule has 2 atom stereocenters. The molecule has 1 aromatic carbocycles. The number of hydrogen-bond donors (Lipinski definition) is 1. The highest BCUT2D eigenvalue weighted by Crippen LogP contribution is 2.35. The maximum Gasteiger partial charge on any atom is 0.338 e. The summed E-state index contributed by atoms with van der Waals surface area (Å²) >= 11 is 0. The van der Waals surface area contributed by atoms with Gasteiger partial charge >= 0.3 is 5.97 Å². The summed E-state index contributed by atoms with van der Waals surface area (Å²) in [5, 5.41) is 12.9. The molecule has 1 saturated carbocycles. The first-order chi connectivity index (χ1) is 12.1. The van der Waals surface area contributed by atoms with Crippen LogP contribution in [0.5, 0.6) is 0 Å². The standard InChI is InChI=1S/C19H23N3O3/c1-21(18(23)13-22-12-15(11-20-22)19(24)25)17-10-6-5-9-16(17)14-7-3-2-4-8-14/h2-4,7-8,11-12,16-17H,5-6,9-10,13H2,1H3,(H,24,25). The highest BCUT2D eigenvalue weighted by Gasteiger charge is 2.31. The molecule has 1 aliphatic rings. The summed E-state index contributed by atoms with van der Waals surface area (Å²) in [6, 6.07) is 10.5. The Balaban J connectivity index is 1.71. The van der Waals surface area contributed by atoms with E-state index in [1.807, 2.05) is 30.1 Å². The van der Waals surface area contributed by atoms with Crippen LogP contribution in [-0.4, -0.2) is 44.8 Å². The van der Waals surface area contributed by atoms with Crippen molar-refractivity contribution in [3.63, 3.8) is 0 Å². The lowest BCUT2D eigenvalue weighted by molar-refractivity contribution is -0.133. The van der Waals surface area contributed by atoms with E-state index >= 15 is 0 Å². The first-order valence-corrected chi connectivity index (χ1v) is 8.62. The molecule has 1 N–H and O–H groups in total. The van der Waals surface area contributed by atoms with Crippen LogP contribution in [0.1, 0.15) is 47.5 Å². The van der Waals surface area contributed by atoms with Crippen molar-refractivity contribution in [2.45, 2.75) is 44.2 Å². The number of aromatic nitrogens is 2. The van der Waals surface area contributed by atoms with E-state index in [0.717, 1.165) is 19.3 Å². The molecule has 1 amide bonds. The highest BCUT2D eigenvalue weighted by atomic mass is 16.4. The summed E-state index contributed by atoms with van der Waals surface area (Å²) in [6.45, 7) is 0.0573. The number of benzene rings is 1. The zero-order valence-electron chi connectivity index (χ0n) is 14.3. The Kier molecular flexibility index (Phi) is 5.16. The second-order valence-electron chi connectivity index (χ2n) is 6.61. The number of rotatable bonds is 5. The average molecular weight is 341 g/mol. The molecule has 0 aliphatic heterocycles. The molecule has 0 bridgehead atoms. The third-order valence-corrected chi connectivity index (χ3v) is 5.03. The predicted octanol–water partition coefficient (Wildman–Crippen LogP) is 2.77. The lowest BCUT2D eigenvalue weighted by Gasteiger charge is -2.38. The molecular weight excluding hydrogens is 318 g/mol. The third-order valence-electron chi connectivity index (χ3n) is 5.03. The fourth-order valence-electron chi connectivity index (χ4n) is 3.66. The van der Waals surface area contributed by atoms with Crippen molar-refractivity contribution < 1.29 is 14.7 Å². The summed E-state index contributed by atoms with van der Waals surface area (Å²) < 4.78 is 1.39. The molecule has 3 rings (SSSR count). The fourth-order valence-corrected chi connectivity index (χ4v) is 3.66. The zero-order chi connectivity index (χ0) is 17.8. The molecule has 1 heterocycles. The maximum atomic E-state index is 12.7. The van der Waals surface area contributed by atoms with E-state index in [1.54, 1.807) is 0 Å². The van der Waals surface area contributed by atoms with Gasteiger partial charge in [0.05, 0.1) is 11.8 Å². The third kappa shape index (κ3) is 3.90. The summed E-state index contributed by atoms with van der Waals surface area (Å²) in [5.41, 5.74) is 1.37. The normalized spacial score (nSPS) is 20.2. The lowest BCUT2D eigenvalue weighted by atomic mass is 9.79. The van der Waals surface area contributed by atoms with E-state index in [0.29, 0.717) is 5.92 Å². The van der Waals surface area contributed by atoms with Gasteiger partial charge in [0.1, 0.15) is 6.54 Å². The van der Waals surface area contributed by atoms with E-state index < -0.39 is 5.97 Å². The largest absolute Gasteiger partial charge is 0.478 e. The van der Waals surface area contributed by atoms with Gasteiger partial charge in [-0.25, -0.2) is 4.79 Å². The van der Waals surface area contributed by atoms with Gasteiger partial charge in [-0.3, -0.25) is 9.48 Å². The molecule has 1 aliphatic carbocycles. The fraction of sp³-hybridized carbons (Fsp3) is 0.421. The van der Waals surface area contributed by atoms with Gasteiger partial charge in [0.2, 0.25) is 5.91 Å². The van der Waals surface area contributed by atoms with E-state index in [2.05, 4.69) is 17.2 Å². The Labute approximate surface area is 147 Å². The molecule has 25 heavy (non-hydrogen) atoms. The SMILES string of the molecule is CN(C(=O)Cn1cc(C(=O)O)cn1)C1CCCCC1c1ccccc1. The first-order valence-electron chi connectivity index (χ1n) is 8.62. The summed E-state index contributed by atoms with van der Waals surface area (Å²) in [4.78, 5) is 25.4. The summed E-state index contributed by atoms with van der Waals surface area (Å²) in [5.74, 6) is -0.743. The van der Waals surface area contributed by atoms with Gasteiger partial charge in [-0.15, -0.1) is 0 Å². The molecule has 2 unspecified atom stereocenters. The predicted molar refractivity (Wildman–Crippen MR) is 93.4 cm³/mol. The van der Waals surface area contributed by atoms with Crippen molar-refractivity contribution in [1.82, 2.24) is 14.7 Å². The van der Waals surface area contributed by atoms with Gasteiger partial charge in [0.25, 0.3) is 0 Å². The Morgan fingerprint density at radius 2 is 1.96 bits per heavy atom. The second kappa shape index (κ2) is 7.51. The molecule has 132 valence electrons. The van der Waals surface area contributed by atoms with Crippen molar-refractivity contribution in [3.8, 4) is 0 Å². The molecule has 0 radical (unpaired) electrons. The van der Waals surface area contributed by atoms with E-state index in [-0.39, 0.29) is 24.1 Å². The van der Waals surface area contributed by atoms with Crippen LogP contribution in [0.4, 0.5) is 0 Å². The zero-order valence-corrected chi connectivity index (χ0v) is 14.3. The number of carbonyl (C=O) groups excluding carboxylic acids is 1. The maximum absolute atomic E-state index is 12.7. The number of carboxylic acid groups (broad SMARTS) is 1. The number of nitrogens with zero attached hydrogens (tertiary/aromatic N) is 3. The molecular formula is C19H23N3O3. The van der Waals surface area contributed by atoms with Crippen molar-refractivity contribution >= 4 is 11.9 Å². The summed E-state index contributed by atoms with van der Waals surface area (Å²) in [6.07, 6.45) is 7.03.